The molecule has 0 bridgehead atoms. The van der Waals surface area contributed by atoms with Gasteiger partial charge in [-0.25, -0.2) is 0 Å². The van der Waals surface area contributed by atoms with Crippen LogP contribution in [0.1, 0.15) is 49.9 Å². The Bertz CT molecular complexity index is 1160. The van der Waals surface area contributed by atoms with Crippen LogP contribution in [0.3, 0.4) is 0 Å². The molecule has 31 heavy (non-hydrogen) atoms. The first-order chi connectivity index (χ1) is 14.7. The number of nitriles is 2. The second kappa shape index (κ2) is 8.42. The van der Waals surface area contributed by atoms with Crippen LogP contribution in [0.4, 0.5) is 0 Å². The second-order valence-corrected chi connectivity index (χ2v) is 8.34. The molecule has 0 fully saturated rings. The smallest absolute Gasteiger partial charge is 0.292 e. The minimum absolute atomic E-state index is 0.00633. The first kappa shape index (κ1) is 21.7. The molecular formula is C26H24N2O3. The number of ether oxygens (including phenoxy) is 2. The molecule has 0 aromatic heterocycles. The van der Waals surface area contributed by atoms with Crippen LogP contribution in [0.2, 0.25) is 0 Å². The molecule has 0 aliphatic rings. The van der Waals surface area contributed by atoms with E-state index in [1.807, 2.05) is 88.4 Å². The average molecular weight is 412 g/mol. The molecule has 0 spiro atoms. The first-order valence-corrected chi connectivity index (χ1v) is 9.89. The minimum Gasteiger partial charge on any atom is -0.507 e. The molecule has 0 unspecified atom stereocenters. The summed E-state index contributed by atoms with van der Waals surface area (Å²) in [5.74, 6) is 0.0753. The molecule has 0 aliphatic heterocycles. The van der Waals surface area contributed by atoms with E-state index in [0.717, 1.165) is 11.1 Å². The van der Waals surface area contributed by atoms with E-state index in [1.54, 1.807) is 12.5 Å². The monoisotopic (exact) mass is 412 g/mol. The van der Waals surface area contributed by atoms with Gasteiger partial charge in [0.1, 0.15) is 5.75 Å². The molecule has 0 heterocycles. The van der Waals surface area contributed by atoms with E-state index in [4.69, 9.17) is 14.7 Å². The fourth-order valence-electron chi connectivity index (χ4n) is 4.13. The van der Waals surface area contributed by atoms with Gasteiger partial charge in [-0.15, -0.1) is 10.5 Å². The number of benzene rings is 3. The summed E-state index contributed by atoms with van der Waals surface area (Å²) in [6, 6.07) is 20.9. The number of nitrogens with zero attached hydrogens (tertiary/aromatic N) is 2. The Balaban J connectivity index is 2.45. The molecule has 5 heteroatoms. The highest BCUT2D eigenvalue weighted by Crippen LogP contribution is 2.52. The quantitative estimate of drug-likeness (QED) is 0.520. The lowest BCUT2D eigenvalue weighted by atomic mass is 9.67. The van der Waals surface area contributed by atoms with Crippen molar-refractivity contribution in [2.75, 3.05) is 0 Å². The van der Waals surface area contributed by atoms with Gasteiger partial charge in [0, 0.05) is 28.0 Å². The lowest BCUT2D eigenvalue weighted by Gasteiger charge is -2.36. The number of aromatic hydroxyl groups is 1. The van der Waals surface area contributed by atoms with Crippen molar-refractivity contribution in [2.45, 2.75) is 38.5 Å². The van der Waals surface area contributed by atoms with E-state index in [-0.39, 0.29) is 17.2 Å². The fourth-order valence-corrected chi connectivity index (χ4v) is 4.13. The van der Waals surface area contributed by atoms with Crippen LogP contribution in [-0.4, -0.2) is 5.11 Å². The van der Waals surface area contributed by atoms with E-state index in [0.29, 0.717) is 11.1 Å². The van der Waals surface area contributed by atoms with E-state index in [2.05, 4.69) is 0 Å². The molecule has 3 rings (SSSR count). The average Bonchev–Trinajstić information content (AvgIpc) is 2.76. The van der Waals surface area contributed by atoms with Gasteiger partial charge in [-0.05, 0) is 11.1 Å². The molecule has 0 atom stereocenters. The number of phenols is 1. The summed E-state index contributed by atoms with van der Waals surface area (Å²) < 4.78 is 10.5. The predicted molar refractivity (Wildman–Crippen MR) is 118 cm³/mol. The molecule has 1 N–H and O–H groups in total. The maximum absolute atomic E-state index is 11.2. The first-order valence-electron chi connectivity index (χ1n) is 9.89. The van der Waals surface area contributed by atoms with Gasteiger partial charge in [-0.1, -0.05) is 88.4 Å². The van der Waals surface area contributed by atoms with Crippen LogP contribution < -0.4 is 9.47 Å². The number of phenolic OH excluding ortho intramolecular Hbond substituents is 1. The SMILES string of the molecule is CC(C)(c1ccccc1)c1c(O)cc(OC#N)c(OC#N)c1C(C)(C)c1ccccc1. The predicted octanol–water partition coefficient (Wildman–Crippen LogP) is 5.76. The van der Waals surface area contributed by atoms with Crippen molar-refractivity contribution in [1.29, 1.82) is 10.5 Å². The molecule has 0 saturated carbocycles. The summed E-state index contributed by atoms with van der Waals surface area (Å²) in [7, 11) is 0. The summed E-state index contributed by atoms with van der Waals surface area (Å²) >= 11 is 0. The van der Waals surface area contributed by atoms with E-state index >= 15 is 0 Å². The standard InChI is InChI=1S/C26H24N2O3/c1-25(2,18-11-7-5-8-12-18)22-20(29)15-21(30-16-27)24(31-17-28)23(22)26(3,4)19-13-9-6-10-14-19/h5-15,29H,1-4H3. The molecular weight excluding hydrogens is 388 g/mol. The fraction of sp³-hybridized carbons (Fsp3) is 0.231. The Kier molecular flexibility index (Phi) is 5.90. The summed E-state index contributed by atoms with van der Waals surface area (Å²) in [6.07, 6.45) is 3.33. The summed E-state index contributed by atoms with van der Waals surface area (Å²) in [5, 5.41) is 29.7. The van der Waals surface area contributed by atoms with Crippen molar-refractivity contribution in [3.63, 3.8) is 0 Å². The Morgan fingerprint density at radius 3 is 1.61 bits per heavy atom. The lowest BCUT2D eigenvalue weighted by Crippen LogP contribution is -2.29. The van der Waals surface area contributed by atoms with E-state index < -0.39 is 10.8 Å². The topological polar surface area (TPSA) is 86.3 Å². The molecule has 156 valence electrons. The van der Waals surface area contributed by atoms with Gasteiger partial charge in [0.2, 0.25) is 0 Å². The highest BCUT2D eigenvalue weighted by atomic mass is 16.5. The lowest BCUT2D eigenvalue weighted by molar-refractivity contribution is 0.402. The van der Waals surface area contributed by atoms with Crippen LogP contribution in [0.5, 0.6) is 17.2 Å². The van der Waals surface area contributed by atoms with Crippen molar-refractivity contribution >= 4 is 0 Å². The van der Waals surface area contributed by atoms with Crippen LogP contribution >= 0.6 is 0 Å². The Hall–Kier alpha value is -3.96. The van der Waals surface area contributed by atoms with Crippen molar-refractivity contribution in [3.8, 4) is 29.8 Å². The molecule has 3 aromatic carbocycles. The molecule has 5 nitrogen and oxygen atoms in total. The highest BCUT2D eigenvalue weighted by Gasteiger charge is 2.40. The van der Waals surface area contributed by atoms with Crippen LogP contribution in [0.25, 0.3) is 0 Å². The zero-order valence-corrected chi connectivity index (χ0v) is 18.0. The summed E-state index contributed by atoms with van der Waals surface area (Å²) in [6.45, 7) is 7.98. The van der Waals surface area contributed by atoms with Crippen LogP contribution in [-0.2, 0) is 10.8 Å². The third-order valence-electron chi connectivity index (χ3n) is 5.77. The van der Waals surface area contributed by atoms with Gasteiger partial charge >= 0.3 is 0 Å². The van der Waals surface area contributed by atoms with Gasteiger partial charge in [0.05, 0.1) is 0 Å². The van der Waals surface area contributed by atoms with Gasteiger partial charge < -0.3 is 14.6 Å². The maximum atomic E-state index is 11.2. The van der Waals surface area contributed by atoms with Crippen molar-refractivity contribution < 1.29 is 14.6 Å². The number of rotatable bonds is 6. The zero-order chi connectivity index (χ0) is 22.6. The Morgan fingerprint density at radius 1 is 0.710 bits per heavy atom. The maximum Gasteiger partial charge on any atom is 0.292 e. The second-order valence-electron chi connectivity index (χ2n) is 8.34. The van der Waals surface area contributed by atoms with E-state index in [9.17, 15) is 10.4 Å². The molecule has 0 amide bonds. The van der Waals surface area contributed by atoms with E-state index in [1.165, 1.54) is 6.07 Å². The third-order valence-corrected chi connectivity index (χ3v) is 5.77. The Morgan fingerprint density at radius 2 is 1.16 bits per heavy atom. The van der Waals surface area contributed by atoms with Gasteiger partial charge in [-0.3, -0.25) is 0 Å². The van der Waals surface area contributed by atoms with Crippen molar-refractivity contribution in [1.82, 2.24) is 0 Å². The van der Waals surface area contributed by atoms with Gasteiger partial charge in [0.25, 0.3) is 12.5 Å². The third kappa shape index (κ3) is 3.91. The highest BCUT2D eigenvalue weighted by molar-refractivity contribution is 5.66. The molecule has 0 saturated heterocycles. The molecule has 3 aromatic rings. The Labute approximate surface area is 182 Å². The number of hydrogen-bond acceptors (Lipinski definition) is 5. The van der Waals surface area contributed by atoms with Crippen LogP contribution in [0, 0.1) is 23.0 Å². The normalized spacial score (nSPS) is 11.3. The summed E-state index contributed by atoms with van der Waals surface area (Å²) in [5.41, 5.74) is 1.78. The minimum atomic E-state index is -0.693. The summed E-state index contributed by atoms with van der Waals surface area (Å²) in [4.78, 5) is 0. The zero-order valence-electron chi connectivity index (χ0n) is 18.0. The van der Waals surface area contributed by atoms with Gasteiger partial charge in [-0.2, -0.15) is 0 Å². The molecule has 0 radical (unpaired) electrons. The van der Waals surface area contributed by atoms with Gasteiger partial charge in [0.15, 0.2) is 11.5 Å². The molecule has 0 aliphatic carbocycles. The van der Waals surface area contributed by atoms with Crippen molar-refractivity contribution in [3.05, 3.63) is 89.0 Å². The van der Waals surface area contributed by atoms with Crippen LogP contribution in [0.15, 0.2) is 66.7 Å². The largest absolute Gasteiger partial charge is 0.507 e. The van der Waals surface area contributed by atoms with Crippen molar-refractivity contribution in [2.24, 2.45) is 0 Å². The number of hydrogen-bond donors (Lipinski definition) is 1.